The van der Waals surface area contributed by atoms with Crippen LogP contribution in [0.25, 0.3) is 88.9 Å². The van der Waals surface area contributed by atoms with Gasteiger partial charge in [0, 0.05) is 44.6 Å². The summed E-state index contributed by atoms with van der Waals surface area (Å²) in [7, 11) is 0. The molecule has 4 heterocycles. The second kappa shape index (κ2) is 11.4. The van der Waals surface area contributed by atoms with Crippen LogP contribution < -0.4 is 0 Å². The highest BCUT2D eigenvalue weighted by molar-refractivity contribution is 6.17. The summed E-state index contributed by atoms with van der Waals surface area (Å²) in [5, 5.41) is 4.67. The topological polar surface area (TPSA) is 48.5 Å². The zero-order valence-electron chi connectivity index (χ0n) is 27.0. The van der Waals surface area contributed by atoms with Gasteiger partial charge in [0.1, 0.15) is 5.65 Å². The predicted molar refractivity (Wildman–Crippen MR) is 205 cm³/mol. The van der Waals surface area contributed by atoms with E-state index in [1.165, 1.54) is 27.4 Å². The van der Waals surface area contributed by atoms with Gasteiger partial charge in [-0.05, 0) is 59.7 Å². The number of benzene rings is 6. The minimum absolute atomic E-state index is 0.687. The van der Waals surface area contributed by atoms with Gasteiger partial charge >= 0.3 is 0 Å². The van der Waals surface area contributed by atoms with E-state index in [1.807, 2.05) is 54.9 Å². The molecule has 0 radical (unpaired) electrons. The summed E-state index contributed by atoms with van der Waals surface area (Å²) in [6.45, 7) is 0. The molecule has 6 aromatic carbocycles. The highest BCUT2D eigenvalue weighted by Crippen LogP contribution is 2.41. The van der Waals surface area contributed by atoms with Crippen molar-refractivity contribution in [3.05, 3.63) is 176 Å². The van der Waals surface area contributed by atoms with E-state index in [4.69, 9.17) is 15.0 Å². The first kappa shape index (κ1) is 28.2. The Kier molecular flexibility index (Phi) is 6.42. The Balaban J connectivity index is 1.22. The Morgan fingerprint density at radius 1 is 0.440 bits per heavy atom. The van der Waals surface area contributed by atoms with Crippen LogP contribution in [0, 0.1) is 0 Å². The van der Waals surface area contributed by atoms with Crippen LogP contribution in [0.1, 0.15) is 0 Å². The number of aromatic nitrogens is 5. The van der Waals surface area contributed by atoms with Crippen molar-refractivity contribution in [1.82, 2.24) is 24.1 Å². The molecule has 5 nitrogen and oxygen atoms in total. The number of para-hydroxylation sites is 2. The van der Waals surface area contributed by atoms with Crippen molar-refractivity contribution in [2.75, 3.05) is 0 Å². The molecule has 0 aliphatic rings. The first-order valence-electron chi connectivity index (χ1n) is 16.8. The zero-order valence-corrected chi connectivity index (χ0v) is 27.0. The average molecular weight is 640 g/mol. The van der Waals surface area contributed by atoms with Crippen LogP contribution in [0.2, 0.25) is 0 Å². The predicted octanol–water partition coefficient (Wildman–Crippen LogP) is 11.1. The molecule has 0 aliphatic heterocycles. The molecule has 0 bridgehead atoms. The lowest BCUT2D eigenvalue weighted by Crippen LogP contribution is -2.03. The Labute approximate surface area is 288 Å². The maximum absolute atomic E-state index is 5.18. The van der Waals surface area contributed by atoms with E-state index in [0.29, 0.717) is 5.82 Å². The van der Waals surface area contributed by atoms with Crippen LogP contribution in [-0.2, 0) is 0 Å². The zero-order chi connectivity index (χ0) is 33.0. The maximum atomic E-state index is 5.18. The average Bonchev–Trinajstić information content (AvgIpc) is 3.71. The number of fused-ring (bicyclic) bond motifs is 6. The number of nitrogens with zero attached hydrogens (tertiary/aromatic N) is 5. The summed E-state index contributed by atoms with van der Waals surface area (Å²) >= 11 is 0. The monoisotopic (exact) mass is 639 g/mol. The maximum Gasteiger partial charge on any atom is 0.159 e. The van der Waals surface area contributed by atoms with Crippen molar-refractivity contribution in [1.29, 1.82) is 0 Å². The molecule has 50 heavy (non-hydrogen) atoms. The standard InChI is InChI=1S/C45H29N5/c1-4-14-30(15-5-1)43-41(29-47-44(48-43)31-16-6-2-7-17-31)50-39-26-25-32(28-37(39)35-22-13-27-46-45(35)50)34-21-12-24-40-42(34)36-20-10-11-23-38(36)49(40)33-18-8-3-9-19-33/h1-29H. The second-order valence-corrected chi connectivity index (χ2v) is 12.5. The third kappa shape index (κ3) is 4.37. The van der Waals surface area contributed by atoms with Gasteiger partial charge in [0.05, 0.1) is 34.1 Å². The number of rotatable bonds is 5. The summed E-state index contributed by atoms with van der Waals surface area (Å²) in [5.41, 5.74) is 11.5. The number of pyridine rings is 1. The fourth-order valence-electron chi connectivity index (χ4n) is 7.45. The Hall–Kier alpha value is -6.85. The number of hydrogen-bond acceptors (Lipinski definition) is 3. The van der Waals surface area contributed by atoms with E-state index in [2.05, 4.69) is 130 Å². The lowest BCUT2D eigenvalue weighted by Gasteiger charge is -2.14. The van der Waals surface area contributed by atoms with E-state index in [-0.39, 0.29) is 0 Å². The smallest absolute Gasteiger partial charge is 0.159 e. The van der Waals surface area contributed by atoms with Crippen molar-refractivity contribution < 1.29 is 0 Å². The first-order valence-corrected chi connectivity index (χ1v) is 16.8. The highest BCUT2D eigenvalue weighted by atomic mass is 15.1. The van der Waals surface area contributed by atoms with Gasteiger partial charge in [-0.25, -0.2) is 15.0 Å². The molecular formula is C45H29N5. The third-order valence-electron chi connectivity index (χ3n) is 9.64. The van der Waals surface area contributed by atoms with E-state index in [0.717, 1.165) is 55.7 Å². The van der Waals surface area contributed by atoms with Gasteiger partial charge in [-0.2, -0.15) is 0 Å². The Morgan fingerprint density at radius 2 is 1.12 bits per heavy atom. The third-order valence-corrected chi connectivity index (χ3v) is 9.64. The molecule has 0 saturated carbocycles. The van der Waals surface area contributed by atoms with Crippen molar-refractivity contribution in [3.63, 3.8) is 0 Å². The van der Waals surface area contributed by atoms with Gasteiger partial charge in [0.15, 0.2) is 5.82 Å². The van der Waals surface area contributed by atoms with Crippen LogP contribution >= 0.6 is 0 Å². The normalized spacial score (nSPS) is 11.6. The van der Waals surface area contributed by atoms with Crippen LogP contribution in [-0.4, -0.2) is 24.1 Å². The molecule has 4 aromatic heterocycles. The van der Waals surface area contributed by atoms with Gasteiger partial charge in [-0.15, -0.1) is 0 Å². The molecule has 0 spiro atoms. The van der Waals surface area contributed by atoms with E-state index in [9.17, 15) is 0 Å². The first-order chi connectivity index (χ1) is 24.8. The van der Waals surface area contributed by atoms with Crippen molar-refractivity contribution in [3.8, 4) is 45.1 Å². The van der Waals surface area contributed by atoms with Crippen LogP contribution in [0.15, 0.2) is 176 Å². The molecule has 5 heteroatoms. The van der Waals surface area contributed by atoms with Crippen LogP contribution in [0.3, 0.4) is 0 Å². The van der Waals surface area contributed by atoms with E-state index < -0.39 is 0 Å². The summed E-state index contributed by atoms with van der Waals surface area (Å²) in [6.07, 6.45) is 3.80. The lowest BCUT2D eigenvalue weighted by atomic mass is 9.98. The molecule has 0 unspecified atom stereocenters. The highest BCUT2D eigenvalue weighted by Gasteiger charge is 2.21. The molecule has 10 aromatic rings. The minimum Gasteiger partial charge on any atom is -0.309 e. The van der Waals surface area contributed by atoms with E-state index in [1.54, 1.807) is 0 Å². The molecule has 0 atom stereocenters. The van der Waals surface area contributed by atoms with E-state index >= 15 is 0 Å². The molecule has 0 fully saturated rings. The molecule has 0 amide bonds. The van der Waals surface area contributed by atoms with Crippen LogP contribution in [0.4, 0.5) is 0 Å². The van der Waals surface area contributed by atoms with Gasteiger partial charge in [-0.3, -0.25) is 4.57 Å². The summed E-state index contributed by atoms with van der Waals surface area (Å²) < 4.78 is 4.58. The Bertz CT molecular complexity index is 2850. The fourth-order valence-corrected chi connectivity index (χ4v) is 7.45. The Morgan fingerprint density at radius 3 is 1.94 bits per heavy atom. The molecule has 0 saturated heterocycles. The van der Waals surface area contributed by atoms with Crippen molar-refractivity contribution in [2.45, 2.75) is 0 Å². The fraction of sp³-hybridized carbons (Fsp3) is 0. The van der Waals surface area contributed by atoms with Gasteiger partial charge in [0.2, 0.25) is 0 Å². The number of hydrogen-bond donors (Lipinski definition) is 0. The van der Waals surface area contributed by atoms with Crippen molar-refractivity contribution >= 4 is 43.7 Å². The van der Waals surface area contributed by atoms with Gasteiger partial charge in [-0.1, -0.05) is 115 Å². The minimum atomic E-state index is 0.687. The summed E-state index contributed by atoms with van der Waals surface area (Å²) in [4.78, 5) is 15.0. The quantitative estimate of drug-likeness (QED) is 0.188. The molecule has 0 N–H and O–H groups in total. The largest absolute Gasteiger partial charge is 0.309 e. The summed E-state index contributed by atoms with van der Waals surface area (Å²) in [6, 6.07) is 57.4. The second-order valence-electron chi connectivity index (χ2n) is 12.5. The van der Waals surface area contributed by atoms with Gasteiger partial charge < -0.3 is 4.57 Å². The molecule has 234 valence electrons. The molecule has 10 rings (SSSR count). The van der Waals surface area contributed by atoms with Crippen LogP contribution in [0.5, 0.6) is 0 Å². The van der Waals surface area contributed by atoms with Crippen molar-refractivity contribution in [2.24, 2.45) is 0 Å². The molecule has 0 aliphatic carbocycles. The SMILES string of the molecule is c1ccc(-c2ncc(-n3c4ccc(-c5cccc6c5c5ccccc5n6-c5ccccc5)cc4c4cccnc43)c(-c3ccccc3)n2)cc1. The summed E-state index contributed by atoms with van der Waals surface area (Å²) in [5.74, 6) is 0.687. The van der Waals surface area contributed by atoms with Gasteiger partial charge in [0.25, 0.3) is 0 Å². The molecular weight excluding hydrogens is 611 g/mol. The lowest BCUT2D eigenvalue weighted by molar-refractivity contribution is 1.07.